The summed E-state index contributed by atoms with van der Waals surface area (Å²) in [5.41, 5.74) is 2.18. The van der Waals surface area contributed by atoms with Crippen LogP contribution < -0.4 is 5.32 Å². The molecule has 2 aliphatic heterocycles. The molecule has 1 aromatic rings. The lowest BCUT2D eigenvalue weighted by molar-refractivity contribution is -0.193. The van der Waals surface area contributed by atoms with E-state index in [4.69, 9.17) is 24.5 Å². The number of aliphatic carboxylic acids is 2. The fourth-order valence-corrected chi connectivity index (χ4v) is 4.27. The summed E-state index contributed by atoms with van der Waals surface area (Å²) in [6, 6.07) is 6.20. The topological polar surface area (TPSA) is 129 Å². The van der Waals surface area contributed by atoms with Crippen molar-refractivity contribution in [3.8, 4) is 0 Å². The molecule has 4 rings (SSSR count). The van der Waals surface area contributed by atoms with Crippen LogP contribution in [0.3, 0.4) is 0 Å². The quantitative estimate of drug-likeness (QED) is 0.459. The van der Waals surface area contributed by atoms with E-state index < -0.39 is 24.3 Å². The Morgan fingerprint density at radius 3 is 2.13 bits per heavy atom. The van der Waals surface area contributed by atoms with Crippen LogP contribution in [0.15, 0.2) is 18.2 Å². The number of pyridine rings is 1. The van der Waals surface area contributed by atoms with E-state index in [1.54, 1.807) is 0 Å². The highest BCUT2D eigenvalue weighted by Gasteiger charge is 2.42. The van der Waals surface area contributed by atoms with Crippen molar-refractivity contribution in [3.05, 3.63) is 29.6 Å². The van der Waals surface area contributed by atoms with Crippen molar-refractivity contribution in [2.75, 3.05) is 26.2 Å². The number of rotatable bonds is 5. The smallest absolute Gasteiger partial charge is 0.475 e. The summed E-state index contributed by atoms with van der Waals surface area (Å²) in [4.78, 5) is 37.6. The maximum absolute atomic E-state index is 12.7. The summed E-state index contributed by atoms with van der Waals surface area (Å²) in [6.07, 6.45) is -5.50. The highest BCUT2D eigenvalue weighted by atomic mass is 19.4. The number of carbonyl (C=O) groups excluding carboxylic acids is 1. The van der Waals surface area contributed by atoms with Gasteiger partial charge in [0.25, 0.3) is 0 Å². The maximum Gasteiger partial charge on any atom is 0.490 e. The van der Waals surface area contributed by atoms with E-state index in [0.717, 1.165) is 62.9 Å². The number of amides is 1. The van der Waals surface area contributed by atoms with Crippen LogP contribution >= 0.6 is 0 Å². The van der Waals surface area contributed by atoms with Gasteiger partial charge in [-0.3, -0.25) is 14.7 Å². The van der Waals surface area contributed by atoms with Crippen LogP contribution in [0.25, 0.3) is 0 Å². The molecule has 3 aliphatic rings. The van der Waals surface area contributed by atoms with E-state index in [0.29, 0.717) is 5.92 Å². The van der Waals surface area contributed by atoms with Crippen molar-refractivity contribution >= 4 is 17.8 Å². The number of carboxylic acids is 2. The number of aromatic nitrogens is 1. The molecule has 3 atom stereocenters. The van der Waals surface area contributed by atoms with E-state index in [1.807, 2.05) is 13.0 Å². The molecule has 1 saturated carbocycles. The van der Waals surface area contributed by atoms with Crippen LogP contribution in [0.5, 0.6) is 0 Å². The van der Waals surface area contributed by atoms with E-state index in [2.05, 4.69) is 27.3 Å². The first-order valence-corrected chi connectivity index (χ1v) is 12.2. The first-order valence-electron chi connectivity index (χ1n) is 12.2. The standard InChI is InChI=1S/C20H29N3O2.2C2HF3O2/c1-14-3-2-4-16(22-14)12-23-9-7-19-18(13-23)17(8-10-25-19)20(24)21-11-15-5-6-15;2*3-2(4,5)1(6)7/h2-4,15,17-19H,5-13H2,1H3,(H,21,24);2*(H,6,7)/t17-,18+,19-;;/m1../s1. The molecule has 0 spiro atoms. The lowest BCUT2D eigenvalue weighted by Crippen LogP contribution is -2.53. The number of hydrogen-bond acceptors (Lipinski definition) is 6. The molecular weight excluding hydrogens is 540 g/mol. The summed E-state index contributed by atoms with van der Waals surface area (Å²) in [6.45, 7) is 6.44. The number of ether oxygens (including phenoxy) is 1. The van der Waals surface area contributed by atoms with Crippen LogP contribution in [-0.2, 0) is 25.7 Å². The van der Waals surface area contributed by atoms with Crippen LogP contribution in [-0.4, -0.2) is 82.6 Å². The second-order valence-corrected chi connectivity index (χ2v) is 9.56. The minimum Gasteiger partial charge on any atom is -0.475 e. The van der Waals surface area contributed by atoms with Gasteiger partial charge < -0.3 is 20.3 Å². The van der Waals surface area contributed by atoms with Gasteiger partial charge in [-0.2, -0.15) is 26.3 Å². The van der Waals surface area contributed by atoms with Crippen molar-refractivity contribution in [1.82, 2.24) is 15.2 Å². The van der Waals surface area contributed by atoms with Gasteiger partial charge in [-0.15, -0.1) is 0 Å². The molecule has 220 valence electrons. The average Bonchev–Trinajstić information content (AvgIpc) is 3.66. The first kappa shape index (κ1) is 32.3. The Labute approximate surface area is 220 Å². The molecule has 0 bridgehead atoms. The Kier molecular flexibility index (Phi) is 11.5. The molecule has 15 heteroatoms. The zero-order chi connectivity index (χ0) is 29.4. The Bertz CT molecular complexity index is 962. The largest absolute Gasteiger partial charge is 0.490 e. The zero-order valence-electron chi connectivity index (χ0n) is 21.1. The second-order valence-electron chi connectivity index (χ2n) is 9.56. The van der Waals surface area contributed by atoms with Crippen LogP contribution in [0.1, 0.15) is 37.1 Å². The number of carboxylic acid groups (broad SMARTS) is 2. The van der Waals surface area contributed by atoms with Gasteiger partial charge in [0.15, 0.2) is 0 Å². The fraction of sp³-hybridized carbons (Fsp3) is 0.667. The lowest BCUT2D eigenvalue weighted by Gasteiger charge is -2.44. The third kappa shape index (κ3) is 11.4. The van der Waals surface area contributed by atoms with Gasteiger partial charge in [-0.25, -0.2) is 9.59 Å². The van der Waals surface area contributed by atoms with Crippen molar-refractivity contribution in [2.24, 2.45) is 17.8 Å². The molecule has 3 fully saturated rings. The number of nitrogens with one attached hydrogen (secondary N) is 1. The van der Waals surface area contributed by atoms with Gasteiger partial charge in [0, 0.05) is 50.3 Å². The first-order chi connectivity index (χ1) is 18.1. The molecule has 0 unspecified atom stereocenters. The molecule has 1 aromatic heterocycles. The molecule has 2 saturated heterocycles. The Morgan fingerprint density at radius 2 is 1.62 bits per heavy atom. The monoisotopic (exact) mass is 571 g/mol. The second kappa shape index (κ2) is 13.9. The number of nitrogens with zero attached hydrogens (tertiary/aromatic N) is 2. The van der Waals surface area contributed by atoms with Gasteiger partial charge >= 0.3 is 24.3 Å². The van der Waals surface area contributed by atoms with E-state index >= 15 is 0 Å². The normalized spacial score (nSPS) is 23.2. The van der Waals surface area contributed by atoms with Gasteiger partial charge in [0.05, 0.1) is 11.8 Å². The molecule has 9 nitrogen and oxygen atoms in total. The van der Waals surface area contributed by atoms with E-state index in [-0.39, 0.29) is 17.9 Å². The number of alkyl halides is 6. The number of fused-ring (bicyclic) bond motifs is 1. The summed E-state index contributed by atoms with van der Waals surface area (Å²) in [7, 11) is 0. The Hall–Kier alpha value is -2.94. The third-order valence-corrected chi connectivity index (χ3v) is 6.37. The lowest BCUT2D eigenvalue weighted by atomic mass is 9.79. The predicted octanol–water partition coefficient (Wildman–Crippen LogP) is 3.41. The summed E-state index contributed by atoms with van der Waals surface area (Å²) in [5, 5.41) is 17.4. The number of carbonyl (C=O) groups is 3. The van der Waals surface area contributed by atoms with Crippen LogP contribution in [0.4, 0.5) is 26.3 Å². The van der Waals surface area contributed by atoms with Gasteiger partial charge in [0.1, 0.15) is 0 Å². The number of halogens is 6. The Morgan fingerprint density at radius 1 is 1.03 bits per heavy atom. The summed E-state index contributed by atoms with van der Waals surface area (Å²) < 4.78 is 69.5. The number of hydrogen-bond donors (Lipinski definition) is 3. The highest BCUT2D eigenvalue weighted by Crippen LogP contribution is 2.34. The average molecular weight is 572 g/mol. The minimum absolute atomic E-state index is 0.103. The summed E-state index contributed by atoms with van der Waals surface area (Å²) in [5.74, 6) is -4.12. The molecule has 39 heavy (non-hydrogen) atoms. The highest BCUT2D eigenvalue weighted by molar-refractivity contribution is 5.79. The fourth-order valence-electron chi connectivity index (χ4n) is 4.27. The SMILES string of the molecule is Cc1cccc(CN2CC[C@H]3OCC[C@@H](C(=O)NCC4CC4)[C@@H]3C2)n1.O=C(O)C(F)(F)F.O=C(O)C(F)(F)F. The van der Waals surface area contributed by atoms with Crippen molar-refractivity contribution in [1.29, 1.82) is 0 Å². The zero-order valence-corrected chi connectivity index (χ0v) is 21.1. The molecule has 3 N–H and O–H groups in total. The molecule has 1 aliphatic carbocycles. The van der Waals surface area contributed by atoms with Crippen LogP contribution in [0, 0.1) is 24.7 Å². The molecule has 0 aromatic carbocycles. The van der Waals surface area contributed by atoms with Crippen molar-refractivity contribution in [2.45, 2.75) is 57.6 Å². The third-order valence-electron chi connectivity index (χ3n) is 6.37. The molecular formula is C24H31F6N3O6. The molecule has 0 radical (unpaired) electrons. The van der Waals surface area contributed by atoms with Gasteiger partial charge in [-0.1, -0.05) is 6.07 Å². The molecule has 1 amide bonds. The van der Waals surface area contributed by atoms with Crippen molar-refractivity contribution in [3.63, 3.8) is 0 Å². The number of piperidine rings is 1. The van der Waals surface area contributed by atoms with Crippen molar-refractivity contribution < 1.29 is 55.7 Å². The van der Waals surface area contributed by atoms with Crippen LogP contribution in [0.2, 0.25) is 0 Å². The van der Waals surface area contributed by atoms with E-state index in [9.17, 15) is 31.1 Å². The van der Waals surface area contributed by atoms with E-state index in [1.165, 1.54) is 12.8 Å². The molecule has 3 heterocycles. The maximum atomic E-state index is 12.7. The minimum atomic E-state index is -5.08. The predicted molar refractivity (Wildman–Crippen MR) is 123 cm³/mol. The van der Waals surface area contributed by atoms with Gasteiger partial charge in [-0.05, 0) is 50.7 Å². The number of likely N-dealkylation sites (tertiary alicyclic amines) is 1. The van der Waals surface area contributed by atoms with Gasteiger partial charge in [0.2, 0.25) is 5.91 Å². The Balaban J connectivity index is 0.000000317. The summed E-state index contributed by atoms with van der Waals surface area (Å²) >= 11 is 0. The number of aryl methyl sites for hydroxylation is 1.